The molecular weight excluding hydrogens is 306 g/mol. The first-order chi connectivity index (χ1) is 11.0. The summed E-state index contributed by atoms with van der Waals surface area (Å²) in [6, 6.07) is 8.67. The molecule has 0 aliphatic heterocycles. The van der Waals surface area contributed by atoms with Crippen LogP contribution >= 0.6 is 0 Å². The highest BCUT2D eigenvalue weighted by Gasteiger charge is 2.16. The number of rotatable bonds is 5. The minimum Gasteiger partial charge on any atom is -0.441 e. The predicted molar refractivity (Wildman–Crippen MR) is 78.3 cm³/mol. The maximum Gasteiger partial charge on any atom is 0.333 e. The van der Waals surface area contributed by atoms with Crippen LogP contribution in [0.15, 0.2) is 34.7 Å². The van der Waals surface area contributed by atoms with Gasteiger partial charge >= 0.3 is 6.55 Å². The highest BCUT2D eigenvalue weighted by molar-refractivity contribution is 5.92. The van der Waals surface area contributed by atoms with E-state index in [0.717, 1.165) is 5.52 Å². The fraction of sp³-hybridized carbons (Fsp3) is 0.267. The van der Waals surface area contributed by atoms with Gasteiger partial charge in [0, 0.05) is 18.7 Å². The summed E-state index contributed by atoms with van der Waals surface area (Å²) in [6.45, 7) is -1.03. The molecule has 0 radical (unpaired) electrons. The number of hydrogen-bond acceptors (Lipinski definition) is 4. The van der Waals surface area contributed by atoms with Crippen LogP contribution in [0, 0.1) is 6.92 Å². The van der Waals surface area contributed by atoms with Crippen LogP contribution in [0.5, 0.6) is 0 Å². The van der Waals surface area contributed by atoms with Crippen molar-refractivity contribution in [2.75, 3.05) is 6.54 Å². The van der Waals surface area contributed by atoms with Gasteiger partial charge in [-0.25, -0.2) is 9.67 Å². The Morgan fingerprint density at radius 1 is 1.39 bits per heavy atom. The molecule has 0 fully saturated rings. The summed E-state index contributed by atoms with van der Waals surface area (Å²) < 4.78 is 31.3. The number of benzene rings is 1. The van der Waals surface area contributed by atoms with Crippen LogP contribution in [-0.4, -0.2) is 27.2 Å². The van der Waals surface area contributed by atoms with Gasteiger partial charge < -0.3 is 9.73 Å². The molecule has 1 aromatic carbocycles. The molecule has 0 saturated carbocycles. The van der Waals surface area contributed by atoms with E-state index >= 15 is 0 Å². The van der Waals surface area contributed by atoms with Gasteiger partial charge in [0.15, 0.2) is 17.2 Å². The summed E-state index contributed by atoms with van der Waals surface area (Å²) in [5, 5.41) is 6.20. The minimum absolute atomic E-state index is 0.0413. The van der Waals surface area contributed by atoms with Crippen LogP contribution in [0.25, 0.3) is 11.1 Å². The van der Waals surface area contributed by atoms with Gasteiger partial charge in [-0.15, -0.1) is 0 Å². The third-order valence-electron chi connectivity index (χ3n) is 3.30. The Labute approximate surface area is 130 Å². The van der Waals surface area contributed by atoms with E-state index < -0.39 is 12.5 Å². The van der Waals surface area contributed by atoms with Crippen molar-refractivity contribution >= 4 is 17.0 Å². The topological polar surface area (TPSA) is 73.0 Å². The molecule has 8 heteroatoms. The van der Waals surface area contributed by atoms with E-state index in [1.807, 2.05) is 24.3 Å². The van der Waals surface area contributed by atoms with Gasteiger partial charge in [0.05, 0.1) is 0 Å². The Morgan fingerprint density at radius 2 is 2.17 bits per heavy atom. The van der Waals surface area contributed by atoms with E-state index in [0.29, 0.717) is 22.6 Å². The highest BCUT2D eigenvalue weighted by atomic mass is 19.3. The van der Waals surface area contributed by atoms with E-state index in [-0.39, 0.29) is 17.9 Å². The molecule has 3 rings (SSSR count). The lowest BCUT2D eigenvalue weighted by atomic mass is 10.3. The number of aromatic nitrogens is 3. The van der Waals surface area contributed by atoms with Crippen LogP contribution < -0.4 is 5.32 Å². The highest BCUT2D eigenvalue weighted by Crippen LogP contribution is 2.15. The predicted octanol–water partition coefficient (Wildman–Crippen LogP) is 2.70. The lowest BCUT2D eigenvalue weighted by Crippen LogP contribution is -2.26. The average molecular weight is 320 g/mol. The largest absolute Gasteiger partial charge is 0.441 e. The monoisotopic (exact) mass is 320 g/mol. The molecular formula is C15H14F2N4O2. The van der Waals surface area contributed by atoms with E-state index in [9.17, 15) is 13.6 Å². The van der Waals surface area contributed by atoms with E-state index in [4.69, 9.17) is 4.42 Å². The SMILES string of the molecule is Cc1cc(C(=O)NCCc2nc3ccccc3o2)nn1C(F)F. The Hall–Kier alpha value is -2.77. The fourth-order valence-corrected chi connectivity index (χ4v) is 2.20. The quantitative estimate of drug-likeness (QED) is 0.784. The van der Waals surface area contributed by atoms with Crippen molar-refractivity contribution in [3.05, 3.63) is 47.6 Å². The number of carbonyl (C=O) groups excluding carboxylic acids is 1. The number of para-hydroxylation sites is 2. The van der Waals surface area contributed by atoms with Crippen LogP contribution in [0.1, 0.15) is 28.6 Å². The molecule has 0 saturated heterocycles. The maximum atomic E-state index is 12.6. The molecule has 0 aliphatic rings. The van der Waals surface area contributed by atoms with Crippen molar-refractivity contribution in [1.82, 2.24) is 20.1 Å². The summed E-state index contributed by atoms with van der Waals surface area (Å²) in [6.07, 6.45) is 0.398. The van der Waals surface area contributed by atoms with Crippen LogP contribution in [0.2, 0.25) is 0 Å². The molecule has 0 spiro atoms. The number of nitrogens with zero attached hydrogens (tertiary/aromatic N) is 3. The first-order valence-corrected chi connectivity index (χ1v) is 7.01. The van der Waals surface area contributed by atoms with Crippen LogP contribution in [-0.2, 0) is 6.42 Å². The molecule has 0 aliphatic carbocycles. The van der Waals surface area contributed by atoms with Gasteiger partial charge in [-0.05, 0) is 25.1 Å². The Balaban J connectivity index is 1.59. The standard InChI is InChI=1S/C15H14F2N4O2/c1-9-8-11(20-21(9)15(16)17)14(22)18-7-6-13-19-10-4-2-3-5-12(10)23-13/h2-5,8,15H,6-7H2,1H3,(H,18,22). The Bertz CT molecular complexity index is 808. The first-order valence-electron chi connectivity index (χ1n) is 7.01. The second kappa shape index (κ2) is 6.15. The van der Waals surface area contributed by atoms with Gasteiger partial charge in [0.2, 0.25) is 0 Å². The minimum atomic E-state index is -2.77. The lowest BCUT2D eigenvalue weighted by Gasteiger charge is -2.01. The number of aryl methyl sites for hydroxylation is 1. The van der Waals surface area contributed by atoms with E-state index in [1.54, 1.807) is 0 Å². The number of amides is 1. The van der Waals surface area contributed by atoms with Crippen LogP contribution in [0.3, 0.4) is 0 Å². The third kappa shape index (κ3) is 3.20. The summed E-state index contributed by atoms with van der Waals surface area (Å²) in [5.74, 6) is -0.00981. The summed E-state index contributed by atoms with van der Waals surface area (Å²) in [4.78, 5) is 16.2. The van der Waals surface area contributed by atoms with Crippen molar-refractivity contribution in [2.24, 2.45) is 0 Å². The zero-order chi connectivity index (χ0) is 16.4. The molecule has 23 heavy (non-hydrogen) atoms. The number of fused-ring (bicyclic) bond motifs is 1. The first kappa shape index (κ1) is 15.1. The van der Waals surface area contributed by atoms with E-state index in [1.165, 1.54) is 13.0 Å². The third-order valence-corrected chi connectivity index (χ3v) is 3.30. The van der Waals surface area contributed by atoms with Gasteiger partial charge in [0.1, 0.15) is 5.52 Å². The number of carbonyl (C=O) groups is 1. The number of nitrogens with one attached hydrogen (secondary N) is 1. The second-order valence-corrected chi connectivity index (χ2v) is 4.97. The van der Waals surface area contributed by atoms with Crippen molar-refractivity contribution in [3.63, 3.8) is 0 Å². The molecule has 0 bridgehead atoms. The van der Waals surface area contributed by atoms with E-state index in [2.05, 4.69) is 15.4 Å². The van der Waals surface area contributed by atoms with Crippen molar-refractivity contribution in [1.29, 1.82) is 0 Å². The van der Waals surface area contributed by atoms with Crippen molar-refractivity contribution < 1.29 is 18.0 Å². The second-order valence-electron chi connectivity index (χ2n) is 4.97. The summed E-state index contributed by atoms with van der Waals surface area (Å²) in [5.41, 5.74) is 1.62. The molecule has 2 aromatic heterocycles. The number of oxazole rings is 1. The zero-order valence-electron chi connectivity index (χ0n) is 12.3. The number of hydrogen-bond donors (Lipinski definition) is 1. The molecule has 2 heterocycles. The maximum absolute atomic E-state index is 12.6. The van der Waals surface area contributed by atoms with Gasteiger partial charge in [0.25, 0.3) is 5.91 Å². The zero-order valence-corrected chi connectivity index (χ0v) is 12.3. The Kier molecular flexibility index (Phi) is 4.05. The molecule has 0 unspecified atom stereocenters. The normalized spacial score (nSPS) is 11.3. The van der Waals surface area contributed by atoms with Gasteiger partial charge in [-0.2, -0.15) is 13.9 Å². The van der Waals surface area contributed by atoms with Gasteiger partial charge in [-0.3, -0.25) is 4.79 Å². The molecule has 120 valence electrons. The molecule has 1 amide bonds. The Morgan fingerprint density at radius 3 is 2.87 bits per heavy atom. The van der Waals surface area contributed by atoms with Gasteiger partial charge in [-0.1, -0.05) is 12.1 Å². The smallest absolute Gasteiger partial charge is 0.333 e. The average Bonchev–Trinajstić information content (AvgIpc) is 3.10. The molecule has 0 atom stereocenters. The fourth-order valence-electron chi connectivity index (χ4n) is 2.20. The number of alkyl halides is 2. The van der Waals surface area contributed by atoms with Crippen molar-refractivity contribution in [2.45, 2.75) is 19.9 Å². The number of halogens is 2. The lowest BCUT2D eigenvalue weighted by molar-refractivity contribution is 0.0538. The summed E-state index contributed by atoms with van der Waals surface area (Å²) in [7, 11) is 0. The summed E-state index contributed by atoms with van der Waals surface area (Å²) >= 11 is 0. The van der Waals surface area contributed by atoms with Crippen LogP contribution in [0.4, 0.5) is 8.78 Å². The van der Waals surface area contributed by atoms with Crippen molar-refractivity contribution in [3.8, 4) is 0 Å². The molecule has 3 aromatic rings. The molecule has 6 nitrogen and oxygen atoms in total. The molecule has 1 N–H and O–H groups in total.